The van der Waals surface area contributed by atoms with Gasteiger partial charge in [0.05, 0.1) is 6.54 Å². The number of carbonyl (C=O) groups excluding carboxylic acids is 1. The largest absolute Gasteiger partial charge is 0.472 e. The summed E-state index contributed by atoms with van der Waals surface area (Å²) < 4.78 is 42.1. The van der Waals surface area contributed by atoms with E-state index in [1.165, 1.54) is 4.90 Å². The van der Waals surface area contributed by atoms with Gasteiger partial charge >= 0.3 is 6.18 Å². The van der Waals surface area contributed by atoms with Gasteiger partial charge in [-0.3, -0.25) is 4.79 Å². The fourth-order valence-electron chi connectivity index (χ4n) is 2.09. The van der Waals surface area contributed by atoms with Gasteiger partial charge in [-0.05, 0) is 13.0 Å². The van der Waals surface area contributed by atoms with Gasteiger partial charge in [0, 0.05) is 24.7 Å². The highest BCUT2D eigenvalue weighted by atomic mass is 19.4. The van der Waals surface area contributed by atoms with Crippen LogP contribution in [-0.2, 0) is 4.79 Å². The average molecular weight is 288 g/mol. The highest BCUT2D eigenvalue weighted by Crippen LogP contribution is 2.23. The number of likely N-dealkylation sites (tertiary alicyclic amines) is 1. The molecule has 0 aliphatic carbocycles. The monoisotopic (exact) mass is 288 g/mol. The molecule has 0 saturated carbocycles. The van der Waals surface area contributed by atoms with Crippen LogP contribution in [0, 0.1) is 6.92 Å². The number of aromatic nitrogens is 1. The minimum absolute atomic E-state index is 0.171. The molecule has 2 rings (SSSR count). The van der Waals surface area contributed by atoms with Crippen LogP contribution in [0.15, 0.2) is 18.2 Å². The quantitative estimate of drug-likeness (QED) is 0.857. The molecule has 20 heavy (non-hydrogen) atoms. The Kier molecular flexibility index (Phi) is 4.15. The van der Waals surface area contributed by atoms with Crippen molar-refractivity contribution >= 4 is 5.91 Å². The fourth-order valence-corrected chi connectivity index (χ4v) is 2.09. The van der Waals surface area contributed by atoms with Crippen LogP contribution in [0.25, 0.3) is 0 Å². The average Bonchev–Trinajstić information content (AvgIpc) is 2.75. The predicted molar refractivity (Wildman–Crippen MR) is 65.3 cm³/mol. The molecule has 0 bridgehead atoms. The van der Waals surface area contributed by atoms with Crippen LogP contribution < -0.4 is 4.74 Å². The zero-order valence-electron chi connectivity index (χ0n) is 11.0. The Labute approximate surface area is 114 Å². The van der Waals surface area contributed by atoms with Crippen molar-refractivity contribution < 1.29 is 22.7 Å². The van der Waals surface area contributed by atoms with E-state index in [9.17, 15) is 18.0 Å². The molecular weight excluding hydrogens is 273 g/mol. The Morgan fingerprint density at radius 2 is 2.25 bits per heavy atom. The van der Waals surface area contributed by atoms with Gasteiger partial charge in [-0.25, -0.2) is 4.98 Å². The molecule has 0 N–H and O–H groups in total. The maximum Gasteiger partial charge on any atom is 0.397 e. The smallest absolute Gasteiger partial charge is 0.397 e. The van der Waals surface area contributed by atoms with Crippen LogP contribution in [0.4, 0.5) is 13.2 Å². The molecule has 0 radical (unpaired) electrons. The van der Waals surface area contributed by atoms with E-state index in [4.69, 9.17) is 4.74 Å². The second-order valence-corrected chi connectivity index (χ2v) is 4.78. The summed E-state index contributed by atoms with van der Waals surface area (Å²) in [6, 6.07) is 5.30. The number of hydrogen-bond acceptors (Lipinski definition) is 3. The van der Waals surface area contributed by atoms with Gasteiger partial charge in [0.25, 0.3) is 0 Å². The number of alkyl halides is 3. The van der Waals surface area contributed by atoms with Crippen LogP contribution in [0.2, 0.25) is 0 Å². The predicted octanol–water partition coefficient (Wildman–Crippen LogP) is 2.32. The van der Waals surface area contributed by atoms with E-state index in [-0.39, 0.29) is 19.2 Å². The number of amides is 1. The molecule has 7 heteroatoms. The molecule has 0 spiro atoms. The molecule has 0 aromatic carbocycles. The van der Waals surface area contributed by atoms with Crippen LogP contribution >= 0.6 is 0 Å². The molecule has 4 nitrogen and oxygen atoms in total. The molecule has 1 saturated heterocycles. The van der Waals surface area contributed by atoms with Gasteiger partial charge in [0.2, 0.25) is 11.8 Å². The zero-order chi connectivity index (χ0) is 14.8. The highest BCUT2D eigenvalue weighted by Gasteiger charge is 2.36. The van der Waals surface area contributed by atoms with Gasteiger partial charge in [-0.2, -0.15) is 13.2 Å². The summed E-state index contributed by atoms with van der Waals surface area (Å²) in [6.45, 7) is 2.27. The van der Waals surface area contributed by atoms with Gasteiger partial charge in [0.1, 0.15) is 12.5 Å². The first-order valence-corrected chi connectivity index (χ1v) is 6.28. The summed E-state index contributed by atoms with van der Waals surface area (Å²) >= 11 is 0. The molecule has 1 fully saturated rings. The van der Waals surface area contributed by atoms with Crippen LogP contribution in [0.3, 0.4) is 0 Å². The third kappa shape index (κ3) is 4.11. The van der Waals surface area contributed by atoms with Crippen LogP contribution in [0.5, 0.6) is 5.88 Å². The van der Waals surface area contributed by atoms with Crippen molar-refractivity contribution in [3.05, 3.63) is 23.9 Å². The maximum atomic E-state index is 12.2. The summed E-state index contributed by atoms with van der Waals surface area (Å²) in [5, 5.41) is 0. The number of halogens is 3. The minimum atomic E-state index is -4.46. The Bertz CT molecular complexity index is 491. The molecule has 1 unspecified atom stereocenters. The Morgan fingerprint density at radius 1 is 1.50 bits per heavy atom. The first-order chi connectivity index (χ1) is 9.33. The van der Waals surface area contributed by atoms with Gasteiger partial charge in [-0.15, -0.1) is 0 Å². The molecular formula is C13H15F3N2O2. The first kappa shape index (κ1) is 14.6. The van der Waals surface area contributed by atoms with Crippen molar-refractivity contribution in [3.8, 4) is 5.88 Å². The number of rotatable bonds is 3. The standard InChI is InChI=1S/C13H15F3N2O2/c1-9-3-2-4-11(17-9)20-10-5-6-18(8-10)12(19)7-13(14,15)16/h2-4,10H,5-8H2,1H3. The summed E-state index contributed by atoms with van der Waals surface area (Å²) in [6.07, 6.45) is -5.67. The zero-order valence-corrected chi connectivity index (χ0v) is 11.0. The van der Waals surface area contributed by atoms with Crippen molar-refractivity contribution in [1.82, 2.24) is 9.88 Å². The molecule has 110 valence electrons. The van der Waals surface area contributed by atoms with Gasteiger partial charge < -0.3 is 9.64 Å². The number of hydrogen-bond donors (Lipinski definition) is 0. The van der Waals surface area contributed by atoms with E-state index in [0.29, 0.717) is 12.3 Å². The number of pyridine rings is 1. The fraction of sp³-hybridized carbons (Fsp3) is 0.538. The van der Waals surface area contributed by atoms with Crippen molar-refractivity contribution in [2.75, 3.05) is 13.1 Å². The van der Waals surface area contributed by atoms with Crippen molar-refractivity contribution in [2.45, 2.75) is 32.0 Å². The highest BCUT2D eigenvalue weighted by molar-refractivity contribution is 5.77. The summed E-state index contributed by atoms with van der Waals surface area (Å²) in [4.78, 5) is 16.8. The topological polar surface area (TPSA) is 42.4 Å². The number of carbonyl (C=O) groups is 1. The van der Waals surface area contributed by atoms with Gasteiger partial charge in [0.15, 0.2) is 0 Å². The summed E-state index contributed by atoms with van der Waals surface area (Å²) in [7, 11) is 0. The lowest BCUT2D eigenvalue weighted by molar-refractivity contribution is -0.160. The van der Waals surface area contributed by atoms with Crippen molar-refractivity contribution in [3.63, 3.8) is 0 Å². The Morgan fingerprint density at radius 3 is 2.90 bits per heavy atom. The lowest BCUT2D eigenvalue weighted by Gasteiger charge is -2.17. The molecule has 1 amide bonds. The van der Waals surface area contributed by atoms with E-state index in [0.717, 1.165) is 5.69 Å². The van der Waals surface area contributed by atoms with Crippen molar-refractivity contribution in [2.24, 2.45) is 0 Å². The van der Waals surface area contributed by atoms with E-state index in [1.807, 2.05) is 13.0 Å². The third-order valence-corrected chi connectivity index (χ3v) is 3.00. The summed E-state index contributed by atoms with van der Waals surface area (Å²) in [5.41, 5.74) is 0.797. The number of ether oxygens (including phenoxy) is 1. The Hall–Kier alpha value is -1.79. The second-order valence-electron chi connectivity index (χ2n) is 4.78. The Balaban J connectivity index is 1.88. The van der Waals surface area contributed by atoms with Crippen molar-refractivity contribution in [1.29, 1.82) is 0 Å². The first-order valence-electron chi connectivity index (χ1n) is 6.28. The van der Waals surface area contributed by atoms with Crippen LogP contribution in [-0.4, -0.2) is 41.2 Å². The summed E-state index contributed by atoms with van der Waals surface area (Å²) in [5.74, 6) is -0.471. The van der Waals surface area contributed by atoms with E-state index < -0.39 is 18.5 Å². The lowest BCUT2D eigenvalue weighted by atomic mass is 10.3. The van der Waals surface area contributed by atoms with Crippen LogP contribution in [0.1, 0.15) is 18.5 Å². The third-order valence-electron chi connectivity index (χ3n) is 3.00. The molecule has 1 aliphatic heterocycles. The minimum Gasteiger partial charge on any atom is -0.472 e. The SMILES string of the molecule is Cc1cccc(OC2CCN(C(=O)CC(F)(F)F)C2)n1. The number of aryl methyl sites for hydroxylation is 1. The maximum absolute atomic E-state index is 12.2. The van der Waals surface area contributed by atoms with E-state index in [1.54, 1.807) is 12.1 Å². The molecule has 1 aromatic heterocycles. The van der Waals surface area contributed by atoms with E-state index in [2.05, 4.69) is 4.98 Å². The lowest BCUT2D eigenvalue weighted by Crippen LogP contribution is -2.33. The van der Waals surface area contributed by atoms with E-state index >= 15 is 0 Å². The molecule has 1 atom stereocenters. The normalized spacial score (nSPS) is 19.2. The number of nitrogens with zero attached hydrogens (tertiary/aromatic N) is 2. The van der Waals surface area contributed by atoms with Gasteiger partial charge in [-0.1, -0.05) is 6.07 Å². The molecule has 2 heterocycles. The molecule has 1 aromatic rings. The molecule has 1 aliphatic rings. The second kappa shape index (κ2) is 5.68.